The summed E-state index contributed by atoms with van der Waals surface area (Å²) < 4.78 is 11.3. The molecule has 1 rings (SSSR count). The minimum atomic E-state index is -0.0159. The second-order valence-electron chi connectivity index (χ2n) is 6.75. The fourth-order valence-corrected chi connectivity index (χ4v) is 2.88. The Kier molecular flexibility index (Phi) is 11.3. The Morgan fingerprint density at radius 1 is 1.15 bits per heavy atom. The summed E-state index contributed by atoms with van der Waals surface area (Å²) in [6, 6.07) is 8.06. The van der Waals surface area contributed by atoms with Crippen molar-refractivity contribution < 1.29 is 9.47 Å². The van der Waals surface area contributed by atoms with E-state index in [-0.39, 0.29) is 6.10 Å². The zero-order valence-corrected chi connectivity index (χ0v) is 17.9. The van der Waals surface area contributed by atoms with E-state index in [1.54, 1.807) is 14.2 Å². The van der Waals surface area contributed by atoms with Crippen LogP contribution in [0.4, 0.5) is 0 Å². The van der Waals surface area contributed by atoms with E-state index >= 15 is 0 Å². The van der Waals surface area contributed by atoms with Gasteiger partial charge in [0.25, 0.3) is 0 Å². The van der Waals surface area contributed by atoms with Gasteiger partial charge in [0, 0.05) is 13.1 Å². The monoisotopic (exact) mass is 378 g/mol. The Morgan fingerprint density at radius 3 is 2.41 bits per heavy atom. The molecule has 0 spiro atoms. The number of guanidine groups is 1. The molecular weight excluding hydrogens is 340 g/mol. The average Bonchev–Trinajstić information content (AvgIpc) is 2.68. The largest absolute Gasteiger partial charge is 0.493 e. The molecule has 0 aromatic heterocycles. The van der Waals surface area contributed by atoms with Crippen LogP contribution < -0.4 is 20.1 Å². The van der Waals surface area contributed by atoms with Crippen LogP contribution in [0.1, 0.15) is 40.5 Å². The van der Waals surface area contributed by atoms with Crippen molar-refractivity contribution in [1.29, 1.82) is 0 Å². The maximum Gasteiger partial charge on any atom is 0.191 e. The lowest BCUT2D eigenvalue weighted by atomic mass is 10.2. The van der Waals surface area contributed by atoms with E-state index in [4.69, 9.17) is 9.47 Å². The van der Waals surface area contributed by atoms with E-state index in [9.17, 15) is 0 Å². The van der Waals surface area contributed by atoms with Gasteiger partial charge in [0.2, 0.25) is 0 Å². The summed E-state index contributed by atoms with van der Waals surface area (Å²) in [5.41, 5.74) is 0. The Labute approximate surface area is 165 Å². The minimum Gasteiger partial charge on any atom is -0.493 e. The summed E-state index contributed by atoms with van der Waals surface area (Å²) in [6.07, 6.45) is 2.28. The summed E-state index contributed by atoms with van der Waals surface area (Å²) in [5.74, 6) is 2.30. The third-order valence-electron chi connectivity index (χ3n) is 4.57. The van der Waals surface area contributed by atoms with Gasteiger partial charge in [-0.2, -0.15) is 0 Å². The van der Waals surface area contributed by atoms with Crippen molar-refractivity contribution in [3.8, 4) is 11.5 Å². The molecule has 6 heteroatoms. The molecule has 0 saturated heterocycles. The van der Waals surface area contributed by atoms with Gasteiger partial charge in [0.05, 0.1) is 13.7 Å². The first kappa shape index (κ1) is 23.1. The number of benzene rings is 1. The van der Waals surface area contributed by atoms with Crippen molar-refractivity contribution in [2.75, 3.05) is 40.3 Å². The number of methoxy groups -OCH3 is 1. The Bertz CT molecular complexity index is 547. The summed E-state index contributed by atoms with van der Waals surface area (Å²) >= 11 is 0. The highest BCUT2D eigenvalue weighted by atomic mass is 16.5. The van der Waals surface area contributed by atoms with E-state index in [0.29, 0.717) is 12.6 Å². The van der Waals surface area contributed by atoms with Crippen LogP contribution in [-0.2, 0) is 0 Å². The highest BCUT2D eigenvalue weighted by molar-refractivity contribution is 5.79. The molecule has 2 atom stereocenters. The lowest BCUT2D eigenvalue weighted by Crippen LogP contribution is -2.45. The van der Waals surface area contributed by atoms with Gasteiger partial charge < -0.3 is 25.0 Å². The number of hydrogen-bond acceptors (Lipinski definition) is 4. The molecule has 0 saturated carbocycles. The van der Waals surface area contributed by atoms with Gasteiger partial charge in [0.15, 0.2) is 17.5 Å². The average molecular weight is 379 g/mol. The summed E-state index contributed by atoms with van der Waals surface area (Å²) in [6.45, 7) is 12.7. The van der Waals surface area contributed by atoms with Crippen LogP contribution in [0.2, 0.25) is 0 Å². The van der Waals surface area contributed by atoms with E-state index in [2.05, 4.69) is 41.3 Å². The molecule has 6 nitrogen and oxygen atoms in total. The molecule has 0 aliphatic heterocycles. The highest BCUT2D eigenvalue weighted by Crippen LogP contribution is 2.26. The van der Waals surface area contributed by atoms with Crippen molar-refractivity contribution in [3.05, 3.63) is 24.3 Å². The van der Waals surface area contributed by atoms with Gasteiger partial charge in [0.1, 0.15) is 6.10 Å². The molecule has 0 bridgehead atoms. The Balaban J connectivity index is 2.36. The lowest BCUT2D eigenvalue weighted by molar-refractivity contribution is 0.213. The van der Waals surface area contributed by atoms with E-state index in [1.807, 2.05) is 31.2 Å². The molecule has 0 amide bonds. The Morgan fingerprint density at radius 2 is 1.81 bits per heavy atom. The quantitative estimate of drug-likeness (QED) is 0.432. The molecule has 1 aromatic rings. The van der Waals surface area contributed by atoms with Crippen molar-refractivity contribution in [1.82, 2.24) is 15.5 Å². The van der Waals surface area contributed by atoms with Crippen molar-refractivity contribution in [3.63, 3.8) is 0 Å². The molecule has 2 unspecified atom stereocenters. The first-order chi connectivity index (χ1) is 13.0. The van der Waals surface area contributed by atoms with Crippen molar-refractivity contribution >= 4 is 5.96 Å². The second kappa shape index (κ2) is 13.3. The molecule has 0 fully saturated rings. The third-order valence-corrected chi connectivity index (χ3v) is 4.57. The number of hydrogen-bond donors (Lipinski definition) is 2. The maximum atomic E-state index is 5.98. The molecule has 0 aliphatic rings. The minimum absolute atomic E-state index is 0.0159. The topological polar surface area (TPSA) is 58.1 Å². The Hall–Kier alpha value is -1.95. The van der Waals surface area contributed by atoms with Gasteiger partial charge in [-0.15, -0.1) is 0 Å². The zero-order valence-electron chi connectivity index (χ0n) is 17.9. The van der Waals surface area contributed by atoms with Crippen LogP contribution in [0, 0.1) is 0 Å². The number of para-hydroxylation sites is 2. The van der Waals surface area contributed by atoms with Crippen LogP contribution in [0.5, 0.6) is 11.5 Å². The van der Waals surface area contributed by atoms with Gasteiger partial charge in [-0.3, -0.25) is 4.99 Å². The van der Waals surface area contributed by atoms with Gasteiger partial charge in [-0.25, -0.2) is 0 Å². The van der Waals surface area contributed by atoms with Crippen LogP contribution in [0.15, 0.2) is 29.3 Å². The molecule has 154 valence electrons. The normalized spacial score (nSPS) is 14.0. The van der Waals surface area contributed by atoms with Crippen LogP contribution in [0.25, 0.3) is 0 Å². The smallest absolute Gasteiger partial charge is 0.191 e. The summed E-state index contributed by atoms with van der Waals surface area (Å²) in [4.78, 5) is 6.78. The predicted octanol–water partition coefficient (Wildman–Crippen LogP) is 3.14. The summed E-state index contributed by atoms with van der Waals surface area (Å²) in [5, 5.41) is 6.80. The third kappa shape index (κ3) is 9.00. The number of ether oxygens (including phenoxy) is 2. The number of rotatable bonds is 12. The second-order valence-corrected chi connectivity index (χ2v) is 6.75. The molecule has 0 heterocycles. The summed E-state index contributed by atoms with van der Waals surface area (Å²) in [7, 11) is 3.45. The molecule has 0 radical (unpaired) electrons. The fourth-order valence-electron chi connectivity index (χ4n) is 2.88. The molecule has 1 aromatic carbocycles. The van der Waals surface area contributed by atoms with Gasteiger partial charge in [-0.05, 0) is 58.5 Å². The van der Waals surface area contributed by atoms with Crippen LogP contribution in [0.3, 0.4) is 0 Å². The zero-order chi connectivity index (χ0) is 20.1. The van der Waals surface area contributed by atoms with Crippen LogP contribution in [-0.4, -0.2) is 63.3 Å². The van der Waals surface area contributed by atoms with E-state index in [1.165, 1.54) is 6.42 Å². The molecule has 2 N–H and O–H groups in total. The SMILES string of the molecule is CCN(CC)CCCC(C)NC(=NC)NCC(C)Oc1ccccc1OC. The first-order valence-electron chi connectivity index (χ1n) is 10.0. The first-order valence-corrected chi connectivity index (χ1v) is 10.0. The van der Waals surface area contributed by atoms with Crippen molar-refractivity contribution in [2.24, 2.45) is 4.99 Å². The standard InChI is InChI=1S/C21H38N4O2/c1-7-25(8-2)15-11-12-17(3)24-21(22-5)23-16-18(4)27-20-14-10-9-13-19(20)26-6/h9-10,13-14,17-18H,7-8,11-12,15-16H2,1-6H3,(H2,22,23,24). The predicted molar refractivity (Wildman–Crippen MR) is 114 cm³/mol. The van der Waals surface area contributed by atoms with Gasteiger partial charge >= 0.3 is 0 Å². The number of nitrogens with one attached hydrogen (secondary N) is 2. The van der Waals surface area contributed by atoms with E-state index < -0.39 is 0 Å². The van der Waals surface area contributed by atoms with Crippen LogP contribution >= 0.6 is 0 Å². The van der Waals surface area contributed by atoms with Crippen molar-refractivity contribution in [2.45, 2.75) is 52.7 Å². The molecule has 27 heavy (non-hydrogen) atoms. The maximum absolute atomic E-state index is 5.98. The molecular formula is C21H38N4O2. The fraction of sp³-hybridized carbons (Fsp3) is 0.667. The van der Waals surface area contributed by atoms with E-state index in [0.717, 1.165) is 43.5 Å². The highest BCUT2D eigenvalue weighted by Gasteiger charge is 2.11. The number of aliphatic imine (C=N–C) groups is 1. The molecule has 0 aliphatic carbocycles. The number of nitrogens with zero attached hydrogens (tertiary/aromatic N) is 2. The lowest BCUT2D eigenvalue weighted by Gasteiger charge is -2.22. The van der Waals surface area contributed by atoms with Gasteiger partial charge in [-0.1, -0.05) is 26.0 Å².